The first-order chi connectivity index (χ1) is 10.9. The van der Waals surface area contributed by atoms with Gasteiger partial charge in [0.15, 0.2) is 0 Å². The van der Waals surface area contributed by atoms with Gasteiger partial charge >= 0.3 is 0 Å². The van der Waals surface area contributed by atoms with Crippen molar-refractivity contribution in [3.05, 3.63) is 46.9 Å². The molecule has 1 aromatic carbocycles. The van der Waals surface area contributed by atoms with E-state index in [1.54, 1.807) is 20.8 Å². The maximum absolute atomic E-state index is 12.3. The molecule has 23 heavy (non-hydrogen) atoms. The highest BCUT2D eigenvalue weighted by Gasteiger charge is 2.19. The molecule has 0 aliphatic heterocycles. The molecule has 5 nitrogen and oxygen atoms in total. The van der Waals surface area contributed by atoms with Crippen molar-refractivity contribution in [1.29, 1.82) is 5.26 Å². The molecule has 0 spiro atoms. The van der Waals surface area contributed by atoms with E-state index >= 15 is 0 Å². The van der Waals surface area contributed by atoms with Crippen LogP contribution in [0.15, 0.2) is 29.3 Å². The number of nitrogens with zero attached hydrogens (tertiary/aromatic N) is 3. The standard InChI is InChI=1S/C17H18N4OS/c1-10-6-5-7-14(8-10)21-16(22)12(3)23-17-15(9-18)11(2)19-13(4)20-17/h5-8,12H,1-4H3,(H,21,22). The third-order valence-corrected chi connectivity index (χ3v) is 4.31. The molecule has 0 saturated heterocycles. The molecule has 0 bridgehead atoms. The summed E-state index contributed by atoms with van der Waals surface area (Å²) in [4.78, 5) is 20.8. The van der Waals surface area contributed by atoms with Gasteiger partial charge in [0.05, 0.1) is 10.9 Å². The normalized spacial score (nSPS) is 11.6. The number of benzene rings is 1. The van der Waals surface area contributed by atoms with Gasteiger partial charge in [-0.2, -0.15) is 5.26 Å². The zero-order valence-corrected chi connectivity index (χ0v) is 14.4. The van der Waals surface area contributed by atoms with E-state index in [2.05, 4.69) is 21.4 Å². The van der Waals surface area contributed by atoms with Crippen molar-refractivity contribution in [3.63, 3.8) is 0 Å². The van der Waals surface area contributed by atoms with Gasteiger partial charge in [0, 0.05) is 5.69 Å². The molecule has 0 fully saturated rings. The van der Waals surface area contributed by atoms with Crippen molar-refractivity contribution >= 4 is 23.4 Å². The lowest BCUT2D eigenvalue weighted by Crippen LogP contribution is -2.22. The molecular formula is C17H18N4OS. The van der Waals surface area contributed by atoms with Crippen LogP contribution in [0.25, 0.3) is 0 Å². The summed E-state index contributed by atoms with van der Waals surface area (Å²) in [6.07, 6.45) is 0. The molecule has 1 N–H and O–H groups in total. The van der Waals surface area contributed by atoms with E-state index in [4.69, 9.17) is 0 Å². The summed E-state index contributed by atoms with van der Waals surface area (Å²) in [5, 5.41) is 12.3. The van der Waals surface area contributed by atoms with E-state index < -0.39 is 0 Å². The van der Waals surface area contributed by atoms with Crippen molar-refractivity contribution < 1.29 is 4.79 Å². The Morgan fingerprint density at radius 2 is 2.04 bits per heavy atom. The third-order valence-electron chi connectivity index (χ3n) is 3.22. The van der Waals surface area contributed by atoms with Crippen molar-refractivity contribution in [3.8, 4) is 6.07 Å². The van der Waals surface area contributed by atoms with E-state index in [9.17, 15) is 10.1 Å². The van der Waals surface area contributed by atoms with Crippen LogP contribution < -0.4 is 5.32 Å². The predicted octanol–water partition coefficient (Wildman–Crippen LogP) is 3.39. The molecule has 1 aromatic heterocycles. The molecular weight excluding hydrogens is 308 g/mol. The van der Waals surface area contributed by atoms with Crippen LogP contribution >= 0.6 is 11.8 Å². The van der Waals surface area contributed by atoms with Gasteiger partial charge < -0.3 is 5.32 Å². The molecule has 1 heterocycles. The molecule has 6 heteroatoms. The molecule has 0 aliphatic carbocycles. The highest BCUT2D eigenvalue weighted by atomic mass is 32.2. The van der Waals surface area contributed by atoms with Gasteiger partial charge in [-0.3, -0.25) is 4.79 Å². The molecule has 0 aliphatic rings. The molecule has 2 aromatic rings. The summed E-state index contributed by atoms with van der Waals surface area (Å²) < 4.78 is 0. The maximum Gasteiger partial charge on any atom is 0.237 e. The Kier molecular flexibility index (Phi) is 5.35. The minimum absolute atomic E-state index is 0.126. The summed E-state index contributed by atoms with van der Waals surface area (Å²) >= 11 is 1.27. The number of hydrogen-bond acceptors (Lipinski definition) is 5. The van der Waals surface area contributed by atoms with Crippen molar-refractivity contribution in [2.75, 3.05) is 5.32 Å². The van der Waals surface area contributed by atoms with E-state index in [1.165, 1.54) is 11.8 Å². The second-order valence-electron chi connectivity index (χ2n) is 5.27. The van der Waals surface area contributed by atoms with Gasteiger partial charge in [-0.25, -0.2) is 9.97 Å². The second-order valence-corrected chi connectivity index (χ2v) is 6.60. The second kappa shape index (κ2) is 7.25. The quantitative estimate of drug-likeness (QED) is 0.688. The van der Waals surface area contributed by atoms with Crippen LogP contribution in [0, 0.1) is 32.1 Å². The van der Waals surface area contributed by atoms with E-state index in [0.717, 1.165) is 11.3 Å². The van der Waals surface area contributed by atoms with Crippen molar-refractivity contribution in [1.82, 2.24) is 9.97 Å². The minimum Gasteiger partial charge on any atom is -0.325 e. The lowest BCUT2D eigenvalue weighted by Gasteiger charge is -2.13. The average molecular weight is 326 g/mol. The smallest absolute Gasteiger partial charge is 0.237 e. The summed E-state index contributed by atoms with van der Waals surface area (Å²) in [6.45, 7) is 7.31. The van der Waals surface area contributed by atoms with Gasteiger partial charge in [0.25, 0.3) is 0 Å². The van der Waals surface area contributed by atoms with Gasteiger partial charge in [0.1, 0.15) is 22.5 Å². The van der Waals surface area contributed by atoms with Crippen LogP contribution in [0.2, 0.25) is 0 Å². The number of rotatable bonds is 4. The summed E-state index contributed by atoms with van der Waals surface area (Å²) in [6, 6.07) is 9.74. The number of hydrogen-bond donors (Lipinski definition) is 1. The molecule has 2 rings (SSSR count). The number of aryl methyl sites for hydroxylation is 3. The molecule has 1 amide bonds. The van der Waals surface area contributed by atoms with Crippen LogP contribution in [0.4, 0.5) is 5.69 Å². The number of carbonyl (C=O) groups is 1. The first-order valence-corrected chi connectivity index (χ1v) is 8.08. The Hall–Kier alpha value is -2.39. The van der Waals surface area contributed by atoms with Crippen LogP contribution in [0.1, 0.15) is 29.6 Å². The zero-order valence-electron chi connectivity index (χ0n) is 13.5. The maximum atomic E-state index is 12.3. The van der Waals surface area contributed by atoms with Gasteiger partial charge in [-0.15, -0.1) is 0 Å². The average Bonchev–Trinajstić information content (AvgIpc) is 2.46. The fourth-order valence-corrected chi connectivity index (χ4v) is 3.08. The molecule has 0 saturated carbocycles. The SMILES string of the molecule is Cc1cccc(NC(=O)C(C)Sc2nc(C)nc(C)c2C#N)c1. The van der Waals surface area contributed by atoms with Crippen LogP contribution in [-0.4, -0.2) is 21.1 Å². The van der Waals surface area contributed by atoms with E-state index in [-0.39, 0.29) is 11.2 Å². The Bertz CT molecular complexity index is 783. The van der Waals surface area contributed by atoms with Crippen molar-refractivity contribution in [2.45, 2.75) is 38.0 Å². The first-order valence-electron chi connectivity index (χ1n) is 7.20. The molecule has 0 radical (unpaired) electrons. The Morgan fingerprint density at radius 1 is 1.30 bits per heavy atom. The van der Waals surface area contributed by atoms with Gasteiger partial charge in [0.2, 0.25) is 5.91 Å². The number of thioether (sulfide) groups is 1. The molecule has 1 atom stereocenters. The number of amides is 1. The fourth-order valence-electron chi connectivity index (χ4n) is 2.08. The number of anilines is 1. The third kappa shape index (κ3) is 4.30. The Labute approximate surface area is 140 Å². The lowest BCUT2D eigenvalue weighted by atomic mass is 10.2. The molecule has 118 valence electrons. The number of aromatic nitrogens is 2. The topological polar surface area (TPSA) is 78.7 Å². The monoisotopic (exact) mass is 326 g/mol. The Morgan fingerprint density at radius 3 is 2.70 bits per heavy atom. The predicted molar refractivity (Wildman–Crippen MR) is 91.3 cm³/mol. The number of nitrogens with one attached hydrogen (secondary N) is 1. The van der Waals surface area contributed by atoms with E-state index in [1.807, 2.05) is 31.2 Å². The highest BCUT2D eigenvalue weighted by molar-refractivity contribution is 8.00. The van der Waals surface area contributed by atoms with Crippen LogP contribution in [0.5, 0.6) is 0 Å². The van der Waals surface area contributed by atoms with Crippen LogP contribution in [0.3, 0.4) is 0 Å². The van der Waals surface area contributed by atoms with Crippen molar-refractivity contribution in [2.24, 2.45) is 0 Å². The lowest BCUT2D eigenvalue weighted by molar-refractivity contribution is -0.115. The van der Waals surface area contributed by atoms with Gasteiger partial charge in [-0.05, 0) is 45.4 Å². The highest BCUT2D eigenvalue weighted by Crippen LogP contribution is 2.27. The summed E-state index contributed by atoms with van der Waals surface area (Å²) in [5.41, 5.74) is 2.90. The largest absolute Gasteiger partial charge is 0.325 e. The number of carbonyl (C=O) groups excluding carboxylic acids is 1. The Balaban J connectivity index is 2.14. The van der Waals surface area contributed by atoms with Gasteiger partial charge in [-0.1, -0.05) is 23.9 Å². The summed E-state index contributed by atoms with van der Waals surface area (Å²) in [7, 11) is 0. The van der Waals surface area contributed by atoms with E-state index in [0.29, 0.717) is 22.1 Å². The first kappa shape index (κ1) is 17.0. The number of nitriles is 1. The minimum atomic E-state index is -0.378. The fraction of sp³-hybridized carbons (Fsp3) is 0.294. The zero-order chi connectivity index (χ0) is 17.0. The summed E-state index contributed by atoms with van der Waals surface area (Å²) in [5.74, 6) is 0.466. The molecule has 1 unspecified atom stereocenters. The van der Waals surface area contributed by atoms with Crippen LogP contribution in [-0.2, 0) is 4.79 Å².